The summed E-state index contributed by atoms with van der Waals surface area (Å²) in [5, 5.41) is 3.73. The van der Waals surface area contributed by atoms with Gasteiger partial charge >= 0.3 is 5.97 Å². The molecule has 0 saturated heterocycles. The molecule has 0 N–H and O–H groups in total. The van der Waals surface area contributed by atoms with Crippen molar-refractivity contribution in [3.63, 3.8) is 0 Å². The maximum atomic E-state index is 12.4. The fraction of sp³-hybridized carbons (Fsp3) is 0.176. The summed E-state index contributed by atoms with van der Waals surface area (Å²) in [6, 6.07) is 10.2. The Morgan fingerprint density at radius 3 is 2.77 bits per heavy atom. The van der Waals surface area contributed by atoms with Crippen molar-refractivity contribution in [2.24, 2.45) is 0 Å². The number of halogens is 1. The molecule has 0 fully saturated rings. The van der Waals surface area contributed by atoms with Crippen LogP contribution in [0.15, 0.2) is 45.8 Å². The molecule has 134 valence electrons. The summed E-state index contributed by atoms with van der Waals surface area (Å²) in [4.78, 5) is 29.7. The lowest BCUT2D eigenvalue weighted by Gasteiger charge is -2.08. The monoisotopic (exact) mass is 408 g/mol. The Hall–Kier alpha value is -2.16. The minimum Gasteiger partial charge on any atom is -0.454 e. The van der Waals surface area contributed by atoms with E-state index in [1.165, 1.54) is 11.8 Å². The number of carbonyl (C=O) groups is 2. The van der Waals surface area contributed by atoms with Crippen molar-refractivity contribution in [1.29, 1.82) is 0 Å². The van der Waals surface area contributed by atoms with Crippen LogP contribution in [0.25, 0.3) is 0 Å². The van der Waals surface area contributed by atoms with Crippen LogP contribution in [0.4, 0.5) is 0 Å². The number of benzene rings is 1. The molecular formula is C17H13ClN2O4S2. The summed E-state index contributed by atoms with van der Waals surface area (Å²) in [5.74, 6) is 0.603. The molecule has 0 aliphatic heterocycles. The first-order chi connectivity index (χ1) is 12.5. The molecule has 1 aromatic carbocycles. The lowest BCUT2D eigenvalue weighted by atomic mass is 10.2. The van der Waals surface area contributed by atoms with Crippen LogP contribution in [0.5, 0.6) is 0 Å². The second-order valence-corrected chi connectivity index (χ2v) is 7.86. The summed E-state index contributed by atoms with van der Waals surface area (Å²) in [7, 11) is 0. The van der Waals surface area contributed by atoms with Crippen LogP contribution < -0.4 is 0 Å². The number of aromatic nitrogens is 2. The zero-order valence-corrected chi connectivity index (χ0v) is 16.0. The van der Waals surface area contributed by atoms with Gasteiger partial charge in [-0.1, -0.05) is 28.9 Å². The number of ketones is 1. The molecule has 3 aromatic rings. The molecule has 0 amide bonds. The van der Waals surface area contributed by atoms with Gasteiger partial charge in [0, 0.05) is 4.90 Å². The van der Waals surface area contributed by atoms with E-state index in [2.05, 4.69) is 10.1 Å². The number of carbonyl (C=O) groups excluding carboxylic acids is 2. The molecule has 0 atom stereocenters. The van der Waals surface area contributed by atoms with Crippen molar-refractivity contribution in [3.05, 3.63) is 62.9 Å². The Morgan fingerprint density at radius 2 is 2.08 bits per heavy atom. The number of rotatable bonds is 7. The number of hydrogen-bond acceptors (Lipinski definition) is 8. The van der Waals surface area contributed by atoms with Gasteiger partial charge in [0.1, 0.15) is 0 Å². The van der Waals surface area contributed by atoms with Crippen molar-refractivity contribution < 1.29 is 18.8 Å². The predicted octanol–water partition coefficient (Wildman–Crippen LogP) is 4.42. The minimum absolute atomic E-state index is 0.290. The molecule has 0 spiro atoms. The van der Waals surface area contributed by atoms with E-state index in [1.807, 2.05) is 6.07 Å². The highest BCUT2D eigenvalue weighted by molar-refractivity contribution is 7.98. The summed E-state index contributed by atoms with van der Waals surface area (Å²) in [5.41, 5.74) is 0.380. The second kappa shape index (κ2) is 8.48. The first-order valence-electron chi connectivity index (χ1n) is 7.49. The third kappa shape index (κ3) is 4.72. The molecule has 0 unspecified atom stereocenters. The number of thiophene rings is 1. The molecule has 9 heteroatoms. The van der Waals surface area contributed by atoms with Gasteiger partial charge in [0.2, 0.25) is 11.7 Å². The number of aryl methyl sites for hydroxylation is 1. The van der Waals surface area contributed by atoms with Crippen LogP contribution >= 0.6 is 34.7 Å². The quantitative estimate of drug-likeness (QED) is 0.325. The van der Waals surface area contributed by atoms with Crippen LogP contribution in [0, 0.1) is 6.92 Å². The minimum atomic E-state index is -0.564. The van der Waals surface area contributed by atoms with Gasteiger partial charge in [0.05, 0.1) is 20.5 Å². The summed E-state index contributed by atoms with van der Waals surface area (Å²) < 4.78 is 10.7. The van der Waals surface area contributed by atoms with Crippen molar-refractivity contribution in [2.45, 2.75) is 17.6 Å². The molecular weight excluding hydrogens is 396 g/mol. The maximum Gasteiger partial charge on any atom is 0.339 e. The highest BCUT2D eigenvalue weighted by atomic mass is 35.5. The van der Waals surface area contributed by atoms with Gasteiger partial charge in [0.15, 0.2) is 12.4 Å². The Kier molecular flexibility index (Phi) is 6.08. The molecule has 3 rings (SSSR count). The lowest BCUT2D eigenvalue weighted by Crippen LogP contribution is -2.14. The van der Waals surface area contributed by atoms with Gasteiger partial charge < -0.3 is 9.26 Å². The zero-order valence-electron chi connectivity index (χ0n) is 13.6. The second-order valence-electron chi connectivity index (χ2n) is 5.12. The molecule has 0 bridgehead atoms. The Labute approximate surface area is 162 Å². The van der Waals surface area contributed by atoms with Crippen LogP contribution in [0.3, 0.4) is 0 Å². The predicted molar refractivity (Wildman–Crippen MR) is 99.0 cm³/mol. The van der Waals surface area contributed by atoms with Gasteiger partial charge in [-0.3, -0.25) is 4.79 Å². The van der Waals surface area contributed by atoms with E-state index in [9.17, 15) is 9.59 Å². The van der Waals surface area contributed by atoms with Crippen LogP contribution in [0.1, 0.15) is 31.7 Å². The number of Topliss-reactive ketones (excluding diaryl/α,β-unsaturated/α-hetero) is 1. The topological polar surface area (TPSA) is 82.3 Å². The highest BCUT2D eigenvalue weighted by Gasteiger charge is 2.17. The SMILES string of the molecule is Cc1noc(CSc2ccccc2C(=O)OCC(=O)c2ccc(Cl)s2)n1. The number of esters is 1. The Morgan fingerprint density at radius 1 is 1.27 bits per heavy atom. The number of ether oxygens (including phenoxy) is 1. The van der Waals surface area contributed by atoms with E-state index in [4.69, 9.17) is 20.9 Å². The molecule has 26 heavy (non-hydrogen) atoms. The van der Waals surface area contributed by atoms with Crippen LogP contribution in [0.2, 0.25) is 4.34 Å². The highest BCUT2D eigenvalue weighted by Crippen LogP contribution is 2.27. The molecule has 0 aliphatic rings. The largest absolute Gasteiger partial charge is 0.454 e. The van der Waals surface area contributed by atoms with Crippen molar-refractivity contribution in [1.82, 2.24) is 10.1 Å². The normalized spacial score (nSPS) is 10.7. The first kappa shape index (κ1) is 18.6. The number of nitrogens with zero attached hydrogens (tertiary/aromatic N) is 2. The average Bonchev–Trinajstić information content (AvgIpc) is 3.26. The Bertz CT molecular complexity index is 938. The third-order valence-electron chi connectivity index (χ3n) is 3.21. The van der Waals surface area contributed by atoms with E-state index in [-0.39, 0.29) is 12.4 Å². The first-order valence-corrected chi connectivity index (χ1v) is 9.67. The number of hydrogen-bond donors (Lipinski definition) is 0. The summed E-state index contributed by atoms with van der Waals surface area (Å²) >= 11 is 8.34. The van der Waals surface area contributed by atoms with E-state index >= 15 is 0 Å². The zero-order chi connectivity index (χ0) is 18.5. The lowest BCUT2D eigenvalue weighted by molar-refractivity contribution is 0.0472. The maximum absolute atomic E-state index is 12.4. The fourth-order valence-electron chi connectivity index (χ4n) is 2.04. The molecule has 0 radical (unpaired) electrons. The van der Waals surface area contributed by atoms with E-state index in [1.54, 1.807) is 37.3 Å². The van der Waals surface area contributed by atoms with Crippen molar-refractivity contribution in [2.75, 3.05) is 6.61 Å². The van der Waals surface area contributed by atoms with Crippen LogP contribution in [-0.2, 0) is 10.5 Å². The standard InChI is InChI=1S/C17H13ClN2O4S2/c1-10-19-16(24-20-10)9-25-13-5-3-2-4-11(13)17(22)23-8-12(21)14-6-7-15(18)26-14/h2-7H,8-9H2,1H3. The van der Waals surface area contributed by atoms with E-state index in [0.29, 0.717) is 37.1 Å². The van der Waals surface area contributed by atoms with E-state index in [0.717, 1.165) is 11.3 Å². The average molecular weight is 409 g/mol. The number of thioether (sulfide) groups is 1. The van der Waals surface area contributed by atoms with Gasteiger partial charge in [-0.05, 0) is 31.2 Å². The summed E-state index contributed by atoms with van der Waals surface area (Å²) in [6.45, 7) is 1.40. The van der Waals surface area contributed by atoms with Crippen molar-refractivity contribution in [3.8, 4) is 0 Å². The molecule has 0 aliphatic carbocycles. The molecule has 6 nitrogen and oxygen atoms in total. The Balaban J connectivity index is 1.62. The van der Waals surface area contributed by atoms with Gasteiger partial charge in [-0.25, -0.2) is 4.79 Å². The molecule has 2 heterocycles. The van der Waals surface area contributed by atoms with Gasteiger partial charge in [-0.15, -0.1) is 23.1 Å². The smallest absolute Gasteiger partial charge is 0.339 e. The molecule has 0 saturated carbocycles. The fourth-order valence-corrected chi connectivity index (χ4v) is 3.89. The van der Waals surface area contributed by atoms with Crippen molar-refractivity contribution >= 4 is 46.5 Å². The van der Waals surface area contributed by atoms with Gasteiger partial charge in [-0.2, -0.15) is 4.98 Å². The van der Waals surface area contributed by atoms with Crippen LogP contribution in [-0.4, -0.2) is 28.5 Å². The van der Waals surface area contributed by atoms with Gasteiger partial charge in [0.25, 0.3) is 0 Å². The summed E-state index contributed by atoms with van der Waals surface area (Å²) in [6.07, 6.45) is 0. The van der Waals surface area contributed by atoms with E-state index < -0.39 is 5.97 Å². The molecule has 2 aromatic heterocycles. The third-order valence-corrected chi connectivity index (χ3v) is 5.54.